The molecule has 0 aliphatic heterocycles. The molecule has 0 aliphatic rings. The van der Waals surface area contributed by atoms with E-state index in [1.165, 1.54) is 0 Å². The minimum Gasteiger partial charge on any atom is -0.397 e. The molecule has 7 heteroatoms. The first kappa shape index (κ1) is 15.2. The molecule has 0 radical (unpaired) electrons. The van der Waals surface area contributed by atoms with E-state index in [0.717, 1.165) is 12.3 Å². The lowest BCUT2D eigenvalue weighted by Crippen LogP contribution is -2.53. The van der Waals surface area contributed by atoms with Crippen LogP contribution >= 0.6 is 0 Å². The molecule has 92 valence electrons. The Kier molecular flexibility index (Phi) is 6.84. The van der Waals surface area contributed by atoms with Gasteiger partial charge in [-0.2, -0.15) is 0 Å². The number of hydrogen-bond acceptors (Lipinski definition) is 5. The van der Waals surface area contributed by atoms with Gasteiger partial charge in [0.25, 0.3) is 0 Å². The van der Waals surface area contributed by atoms with Gasteiger partial charge in [-0.1, -0.05) is 0 Å². The van der Waals surface area contributed by atoms with Crippen LogP contribution in [0, 0.1) is 0 Å². The zero-order valence-electron chi connectivity index (χ0n) is 10.5. The third-order valence-electron chi connectivity index (χ3n) is 2.62. The van der Waals surface area contributed by atoms with Crippen LogP contribution in [-0.4, -0.2) is 57.9 Å². The van der Waals surface area contributed by atoms with Gasteiger partial charge >= 0.3 is 17.1 Å². The van der Waals surface area contributed by atoms with Crippen LogP contribution in [0.4, 0.5) is 0 Å². The van der Waals surface area contributed by atoms with E-state index in [2.05, 4.69) is 5.32 Å². The van der Waals surface area contributed by atoms with Gasteiger partial charge in [-0.3, -0.25) is 0 Å². The van der Waals surface area contributed by atoms with E-state index in [0.29, 0.717) is 0 Å². The molecule has 0 rings (SSSR count). The molecule has 0 aromatic rings. The lowest BCUT2D eigenvalue weighted by atomic mass is 11.2. The zero-order valence-corrected chi connectivity index (χ0v) is 12.5. The monoisotopic (exact) mass is 253 g/mol. The topological polar surface area (TPSA) is 49.0 Å². The fourth-order valence-corrected chi connectivity index (χ4v) is 3.29. The molecule has 0 unspecified atom stereocenters. The van der Waals surface area contributed by atoms with Crippen molar-refractivity contribution < 1.29 is 17.7 Å². The van der Waals surface area contributed by atoms with Crippen molar-refractivity contribution in [2.45, 2.75) is 13.1 Å². The van der Waals surface area contributed by atoms with E-state index >= 15 is 0 Å². The summed E-state index contributed by atoms with van der Waals surface area (Å²) in [6, 6.07) is 0. The van der Waals surface area contributed by atoms with Crippen LogP contribution < -0.4 is 5.32 Å². The highest BCUT2D eigenvalue weighted by Crippen LogP contribution is 2.05. The summed E-state index contributed by atoms with van der Waals surface area (Å²) >= 11 is 0. The number of nitrogens with one attached hydrogen (secondary N) is 1. The normalized spacial score (nSPS) is 13.2. The third kappa shape index (κ3) is 5.20. The van der Waals surface area contributed by atoms with E-state index in [4.69, 9.17) is 17.7 Å². The predicted octanol–water partition coefficient (Wildman–Crippen LogP) is 0.384. The molecule has 0 spiro atoms. The smallest absolute Gasteiger partial charge is 0.348 e. The summed E-state index contributed by atoms with van der Waals surface area (Å²) in [6.45, 7) is 4.02. The largest absolute Gasteiger partial charge is 0.397 e. The Morgan fingerprint density at radius 1 is 0.733 bits per heavy atom. The van der Waals surface area contributed by atoms with Crippen molar-refractivity contribution in [2.24, 2.45) is 0 Å². The lowest BCUT2D eigenvalue weighted by molar-refractivity contribution is 0.238. The van der Waals surface area contributed by atoms with Crippen LogP contribution in [0.15, 0.2) is 0 Å². The molecule has 15 heavy (non-hydrogen) atoms. The molecule has 0 saturated carbocycles. The quantitative estimate of drug-likeness (QED) is 0.634. The van der Waals surface area contributed by atoms with Crippen molar-refractivity contribution in [3.63, 3.8) is 0 Å². The molecule has 0 amide bonds. The zero-order chi connectivity index (χ0) is 11.9. The first-order chi connectivity index (χ1) is 6.95. The van der Waals surface area contributed by atoms with Crippen molar-refractivity contribution >= 4 is 17.1 Å². The average Bonchev–Trinajstić information content (AvgIpc) is 2.28. The first-order valence-electron chi connectivity index (χ1n) is 4.86. The molecule has 0 fully saturated rings. The summed E-state index contributed by atoms with van der Waals surface area (Å²) < 4.78 is 21.4. The molecular formula is C8H23NO4Si2. The fourth-order valence-electron chi connectivity index (χ4n) is 0.972. The van der Waals surface area contributed by atoms with Crippen LogP contribution in [0.2, 0.25) is 13.1 Å². The maximum absolute atomic E-state index is 5.36. The minimum atomic E-state index is -2.02. The fraction of sp³-hybridized carbons (Fsp3) is 1.00. The van der Waals surface area contributed by atoms with Crippen LogP contribution in [0.3, 0.4) is 0 Å². The van der Waals surface area contributed by atoms with Gasteiger partial charge in [-0.15, -0.1) is 0 Å². The standard InChI is InChI=1S/C8H23NO4Si2/c1-10-14(5,11-2)7-9-8-15(6,12-3)13-4/h9H,7-8H2,1-6H3. The van der Waals surface area contributed by atoms with Crippen LogP contribution in [-0.2, 0) is 17.7 Å². The van der Waals surface area contributed by atoms with Gasteiger partial charge in [0, 0.05) is 40.8 Å². The summed E-state index contributed by atoms with van der Waals surface area (Å²) in [7, 11) is 2.68. The highest BCUT2D eigenvalue weighted by Gasteiger charge is 2.32. The Hall–Kier alpha value is 0.234. The molecule has 0 aromatic carbocycles. The second-order valence-corrected chi connectivity index (χ2v) is 10.6. The first-order valence-corrected chi connectivity index (χ1v) is 9.91. The van der Waals surface area contributed by atoms with Gasteiger partial charge in [0.1, 0.15) is 0 Å². The molecule has 5 nitrogen and oxygen atoms in total. The molecular weight excluding hydrogens is 230 g/mol. The maximum Gasteiger partial charge on any atom is 0.348 e. The SMILES string of the molecule is CO[Si](C)(CNC[Si](C)(OC)OC)OC. The van der Waals surface area contributed by atoms with Crippen molar-refractivity contribution in [2.75, 3.05) is 40.8 Å². The van der Waals surface area contributed by atoms with Crippen LogP contribution in [0.25, 0.3) is 0 Å². The van der Waals surface area contributed by atoms with Gasteiger partial charge in [-0.05, 0) is 13.1 Å². The van der Waals surface area contributed by atoms with Crippen LogP contribution in [0.5, 0.6) is 0 Å². The summed E-state index contributed by atoms with van der Waals surface area (Å²) in [4.78, 5) is 0. The van der Waals surface area contributed by atoms with E-state index < -0.39 is 17.1 Å². The molecule has 0 saturated heterocycles. The molecule has 1 N–H and O–H groups in total. The second-order valence-electron chi connectivity index (χ2n) is 3.69. The van der Waals surface area contributed by atoms with Gasteiger partial charge in [-0.25, -0.2) is 0 Å². The second kappa shape index (κ2) is 6.74. The molecule has 0 aromatic heterocycles. The Bertz CT molecular complexity index is 156. The van der Waals surface area contributed by atoms with Crippen LogP contribution in [0.1, 0.15) is 0 Å². The van der Waals surface area contributed by atoms with Gasteiger partial charge in [0.2, 0.25) is 0 Å². The lowest BCUT2D eigenvalue weighted by Gasteiger charge is -2.27. The highest BCUT2D eigenvalue weighted by molar-refractivity contribution is 6.67. The predicted molar refractivity (Wildman–Crippen MR) is 64.1 cm³/mol. The Morgan fingerprint density at radius 3 is 1.20 bits per heavy atom. The Balaban J connectivity index is 3.96. The summed E-state index contributed by atoms with van der Waals surface area (Å²) in [5, 5.41) is 3.29. The van der Waals surface area contributed by atoms with Gasteiger partial charge < -0.3 is 23.0 Å². The molecule has 0 atom stereocenters. The molecule has 0 aliphatic carbocycles. The Labute approximate surface area is 94.6 Å². The van der Waals surface area contributed by atoms with Crippen molar-refractivity contribution in [3.8, 4) is 0 Å². The van der Waals surface area contributed by atoms with E-state index in [9.17, 15) is 0 Å². The van der Waals surface area contributed by atoms with E-state index in [1.807, 2.05) is 13.1 Å². The van der Waals surface area contributed by atoms with E-state index in [1.54, 1.807) is 28.4 Å². The number of hydrogen-bond donors (Lipinski definition) is 1. The summed E-state index contributed by atoms with van der Waals surface area (Å²) in [5.41, 5.74) is 0. The maximum atomic E-state index is 5.36. The average molecular weight is 253 g/mol. The molecule has 0 heterocycles. The van der Waals surface area contributed by atoms with Gasteiger partial charge in [0.05, 0.1) is 0 Å². The highest BCUT2D eigenvalue weighted by atomic mass is 28.4. The minimum absolute atomic E-state index is 0.731. The van der Waals surface area contributed by atoms with E-state index in [-0.39, 0.29) is 0 Å². The Morgan fingerprint density at radius 2 is 1.00 bits per heavy atom. The summed E-state index contributed by atoms with van der Waals surface area (Å²) in [6.07, 6.45) is 1.46. The van der Waals surface area contributed by atoms with Crippen molar-refractivity contribution in [1.29, 1.82) is 0 Å². The summed E-state index contributed by atoms with van der Waals surface area (Å²) in [5.74, 6) is 0. The number of rotatable bonds is 8. The van der Waals surface area contributed by atoms with Crippen molar-refractivity contribution in [3.05, 3.63) is 0 Å². The third-order valence-corrected chi connectivity index (χ3v) is 7.86. The molecule has 0 bridgehead atoms. The van der Waals surface area contributed by atoms with Crippen molar-refractivity contribution in [1.82, 2.24) is 5.32 Å². The van der Waals surface area contributed by atoms with Gasteiger partial charge in [0.15, 0.2) is 0 Å².